The van der Waals surface area contributed by atoms with E-state index in [1.54, 1.807) is 0 Å². The fourth-order valence-electron chi connectivity index (χ4n) is 5.34. The molecule has 2 unspecified atom stereocenters. The molecule has 0 spiro atoms. The van der Waals surface area contributed by atoms with E-state index in [4.69, 9.17) is 0 Å². The lowest BCUT2D eigenvalue weighted by atomic mass is 10.0. The number of amides is 1. The molecule has 2 N–H and O–H groups in total. The van der Waals surface area contributed by atoms with Gasteiger partial charge in [-0.1, -0.05) is 84.0 Å². The largest absolute Gasteiger partial charge is 0.360 e. The van der Waals surface area contributed by atoms with E-state index in [1.165, 1.54) is 84.0 Å². The molecule has 1 amide bonds. The molecule has 0 aromatic heterocycles. The number of carbonyl (C=O) groups is 4. The third-order valence-corrected chi connectivity index (χ3v) is 9.00. The molecule has 2 atom stereocenters. The van der Waals surface area contributed by atoms with Gasteiger partial charge in [-0.15, -0.1) is 0 Å². The molecule has 39 heavy (non-hydrogen) atoms. The fourth-order valence-corrected chi connectivity index (χ4v) is 6.38. The highest BCUT2D eigenvalue weighted by molar-refractivity contribution is 7.84. The molecule has 0 bridgehead atoms. The van der Waals surface area contributed by atoms with Crippen molar-refractivity contribution < 1.29 is 24.1 Å². The summed E-state index contributed by atoms with van der Waals surface area (Å²) in [5.41, 5.74) is -0.960. The third kappa shape index (κ3) is 19.5. The molecule has 1 heterocycles. The van der Waals surface area contributed by atoms with Gasteiger partial charge in [-0.05, 0) is 51.7 Å². The number of hydrogen-bond donors (Lipinski definition) is 2. The Hall–Kier alpha value is -1.17. The Balaban J connectivity index is 2.18. The summed E-state index contributed by atoms with van der Waals surface area (Å²) in [6.45, 7) is 6.78. The first-order valence-electron chi connectivity index (χ1n) is 15.9. The minimum atomic E-state index is -2.39. The van der Waals surface area contributed by atoms with Crippen LogP contribution in [-0.4, -0.2) is 58.2 Å². The molecule has 1 aliphatic rings. The van der Waals surface area contributed by atoms with Crippen LogP contribution in [0.2, 0.25) is 0 Å². The van der Waals surface area contributed by atoms with Crippen molar-refractivity contribution in [2.45, 2.75) is 155 Å². The van der Waals surface area contributed by atoms with Crippen LogP contribution in [0.15, 0.2) is 0 Å². The smallest absolute Gasteiger partial charge is 0.217 e. The zero-order valence-corrected chi connectivity index (χ0v) is 25.9. The third-order valence-electron chi connectivity index (χ3n) is 7.65. The average Bonchev–Trinajstić information content (AvgIpc) is 3.42. The molecule has 0 aromatic rings. The molecule has 7 nitrogen and oxygen atoms in total. The number of ketones is 1. The van der Waals surface area contributed by atoms with Crippen LogP contribution in [0.4, 0.5) is 0 Å². The van der Waals surface area contributed by atoms with Gasteiger partial charge in [0.2, 0.25) is 5.91 Å². The predicted molar refractivity (Wildman–Crippen MR) is 161 cm³/mol. The summed E-state index contributed by atoms with van der Waals surface area (Å²) in [6, 6.07) is -0.662. The van der Waals surface area contributed by atoms with Crippen molar-refractivity contribution in [3.05, 3.63) is 0 Å². The van der Waals surface area contributed by atoms with Gasteiger partial charge in [0.25, 0.3) is 0 Å². The zero-order chi connectivity index (χ0) is 28.7. The highest BCUT2D eigenvalue weighted by atomic mass is 31.1. The summed E-state index contributed by atoms with van der Waals surface area (Å²) < 4.78 is 0. The number of likely N-dealkylation sites (tertiary alicyclic amines) is 1. The molecule has 1 aliphatic heterocycles. The quantitative estimate of drug-likeness (QED) is 0.0858. The molecule has 1 saturated heterocycles. The first kappa shape index (κ1) is 35.9. The Labute approximate surface area is 239 Å². The highest BCUT2D eigenvalue weighted by Gasteiger charge is 2.28. The minimum absolute atomic E-state index is 0.0140. The van der Waals surface area contributed by atoms with Crippen LogP contribution < -0.4 is 5.32 Å². The molecular weight excluding hydrogens is 511 g/mol. The van der Waals surface area contributed by atoms with Crippen molar-refractivity contribution in [1.29, 1.82) is 0 Å². The van der Waals surface area contributed by atoms with E-state index >= 15 is 0 Å². The van der Waals surface area contributed by atoms with E-state index in [1.807, 2.05) is 0 Å². The van der Waals surface area contributed by atoms with Crippen LogP contribution in [0.5, 0.6) is 0 Å². The van der Waals surface area contributed by atoms with Crippen LogP contribution in [0.25, 0.3) is 0 Å². The van der Waals surface area contributed by atoms with Gasteiger partial charge in [0, 0.05) is 38.6 Å². The maximum Gasteiger partial charge on any atom is 0.217 e. The van der Waals surface area contributed by atoms with Gasteiger partial charge >= 0.3 is 0 Å². The summed E-state index contributed by atoms with van der Waals surface area (Å²) in [7, 11) is -2.39. The van der Waals surface area contributed by atoms with Crippen molar-refractivity contribution in [3.63, 3.8) is 0 Å². The van der Waals surface area contributed by atoms with Gasteiger partial charge in [0.05, 0.1) is 0 Å². The van der Waals surface area contributed by atoms with Crippen molar-refractivity contribution in [3.8, 4) is 0 Å². The van der Waals surface area contributed by atoms with Gasteiger partial charge in [-0.25, -0.2) is 0 Å². The molecule has 1 fully saturated rings. The summed E-state index contributed by atoms with van der Waals surface area (Å²) in [6.07, 6.45) is 20.7. The van der Waals surface area contributed by atoms with E-state index in [0.717, 1.165) is 45.3 Å². The maximum absolute atomic E-state index is 12.6. The fraction of sp³-hybridized carbons (Fsp3) is 0.871. The first-order valence-corrected chi connectivity index (χ1v) is 17.2. The van der Waals surface area contributed by atoms with Crippen molar-refractivity contribution in [2.75, 3.05) is 19.6 Å². The van der Waals surface area contributed by atoms with Crippen LogP contribution >= 0.6 is 8.15 Å². The summed E-state index contributed by atoms with van der Waals surface area (Å²) in [5, 5.41) is 2.67. The Morgan fingerprint density at radius 1 is 0.718 bits per heavy atom. The number of carbonyl (C=O) groups excluding carboxylic acids is 4. The van der Waals surface area contributed by atoms with Crippen molar-refractivity contribution in [1.82, 2.24) is 10.2 Å². The summed E-state index contributed by atoms with van der Waals surface area (Å²) >= 11 is 0. The minimum Gasteiger partial charge on any atom is -0.360 e. The maximum atomic E-state index is 12.6. The average molecular weight is 569 g/mol. The predicted octanol–water partition coefficient (Wildman–Crippen LogP) is 7.03. The summed E-state index contributed by atoms with van der Waals surface area (Å²) in [5.74, 6) is -0.308. The van der Waals surface area contributed by atoms with Crippen molar-refractivity contribution in [2.24, 2.45) is 0 Å². The lowest BCUT2D eigenvalue weighted by Crippen LogP contribution is -2.36. The SMILES string of the molecule is CCCCCCCCCCCCCCCC(=O)CC(CC(=O)P(O)C(=O)CCCCN1CCCC1)NC(C)=O. The molecule has 226 valence electrons. The number of unbranched alkanes of at least 4 members (excludes halogenated alkanes) is 13. The molecule has 0 aliphatic carbocycles. The molecule has 1 rings (SSSR count). The molecule has 8 heteroatoms. The van der Waals surface area contributed by atoms with Crippen molar-refractivity contribution >= 4 is 30.9 Å². The number of hydrogen-bond acceptors (Lipinski definition) is 6. The van der Waals surface area contributed by atoms with Gasteiger partial charge in [0.15, 0.2) is 19.2 Å². The number of Topliss-reactive ketones (excluding diaryl/α,β-unsaturated/α-hetero) is 1. The number of nitrogens with zero attached hydrogens (tertiary/aromatic N) is 1. The van der Waals surface area contributed by atoms with Crippen LogP contribution in [0.1, 0.15) is 149 Å². The Morgan fingerprint density at radius 3 is 1.77 bits per heavy atom. The van der Waals surface area contributed by atoms with Gasteiger partial charge < -0.3 is 15.1 Å². The Bertz CT molecular complexity index is 696. The zero-order valence-electron chi connectivity index (χ0n) is 25.0. The topological polar surface area (TPSA) is 104 Å². The molecule has 0 saturated carbocycles. The molecular formula is C31H57N2O5P. The van der Waals surface area contributed by atoms with E-state index < -0.39 is 25.2 Å². The van der Waals surface area contributed by atoms with E-state index in [9.17, 15) is 24.1 Å². The van der Waals surface area contributed by atoms with Gasteiger partial charge in [-0.2, -0.15) is 0 Å². The second-order valence-electron chi connectivity index (χ2n) is 11.4. The molecule has 0 aromatic carbocycles. The Morgan fingerprint density at radius 2 is 1.23 bits per heavy atom. The standard InChI is InChI=1S/C31H57N2O5P/c1-3-4-5-6-7-8-9-10-11-12-13-14-15-20-29(35)25-28(32-27(2)34)26-31(37)39(38)30(36)21-16-17-22-33-23-18-19-24-33/h28,38H,3-26H2,1-2H3,(H,32,34). The van der Waals surface area contributed by atoms with Crippen LogP contribution in [0.3, 0.4) is 0 Å². The van der Waals surface area contributed by atoms with Crippen LogP contribution in [0, 0.1) is 0 Å². The van der Waals surface area contributed by atoms with E-state index in [-0.39, 0.29) is 31.0 Å². The Kier molecular flexibility index (Phi) is 21.6. The van der Waals surface area contributed by atoms with E-state index in [0.29, 0.717) is 12.8 Å². The lowest BCUT2D eigenvalue weighted by Gasteiger charge is -2.18. The second-order valence-corrected chi connectivity index (χ2v) is 13.1. The number of rotatable bonds is 26. The lowest BCUT2D eigenvalue weighted by molar-refractivity contribution is -0.122. The first-order chi connectivity index (χ1) is 18.8. The van der Waals surface area contributed by atoms with Gasteiger partial charge in [0.1, 0.15) is 5.78 Å². The normalized spacial score (nSPS) is 15.3. The van der Waals surface area contributed by atoms with Crippen LogP contribution in [-0.2, 0) is 19.2 Å². The van der Waals surface area contributed by atoms with E-state index in [2.05, 4.69) is 17.1 Å². The second kappa shape index (κ2) is 23.5. The summed E-state index contributed by atoms with van der Waals surface area (Å²) in [4.78, 5) is 61.7. The monoisotopic (exact) mass is 568 g/mol. The number of nitrogens with one attached hydrogen (secondary N) is 1. The molecule has 0 radical (unpaired) electrons. The highest BCUT2D eigenvalue weighted by Crippen LogP contribution is 2.36. The van der Waals surface area contributed by atoms with Gasteiger partial charge in [-0.3, -0.25) is 19.2 Å².